The zero-order valence-electron chi connectivity index (χ0n) is 13.8. The van der Waals surface area contributed by atoms with Gasteiger partial charge in [0.25, 0.3) is 5.91 Å². The summed E-state index contributed by atoms with van der Waals surface area (Å²) < 4.78 is 42.0. The van der Waals surface area contributed by atoms with E-state index < -0.39 is 29.0 Å². The Morgan fingerprint density at radius 2 is 1.96 bits per heavy atom. The molecule has 0 aromatic heterocycles. The third kappa shape index (κ3) is 4.90. The summed E-state index contributed by atoms with van der Waals surface area (Å²) in [6.07, 6.45) is 1.87. The van der Waals surface area contributed by atoms with Gasteiger partial charge in [0.05, 0.1) is 30.2 Å². The number of thioether (sulfide) groups is 1. The molecule has 9 heteroatoms. The van der Waals surface area contributed by atoms with Crippen molar-refractivity contribution in [2.45, 2.75) is 5.75 Å². The number of aliphatic hydroxyl groups is 1. The van der Waals surface area contributed by atoms with Crippen molar-refractivity contribution in [1.82, 2.24) is 5.48 Å². The molecular formula is C17H17F3N2O3S. The van der Waals surface area contributed by atoms with Crippen LogP contribution in [-0.2, 0) is 10.6 Å². The number of carbonyl (C=O) groups is 1. The van der Waals surface area contributed by atoms with Gasteiger partial charge in [-0.15, -0.1) is 0 Å². The van der Waals surface area contributed by atoms with Crippen LogP contribution in [0.4, 0.5) is 24.5 Å². The maximum absolute atomic E-state index is 14.2. The summed E-state index contributed by atoms with van der Waals surface area (Å²) >= 11 is 1.51. The molecule has 0 saturated carbocycles. The molecule has 140 valence electrons. The minimum atomic E-state index is -1.33. The molecule has 0 heterocycles. The molecule has 2 rings (SSSR count). The number of hydrogen-bond acceptors (Lipinski definition) is 5. The van der Waals surface area contributed by atoms with Crippen molar-refractivity contribution in [2.24, 2.45) is 0 Å². The molecule has 2 aromatic rings. The lowest BCUT2D eigenvalue weighted by molar-refractivity contribution is 0.0168. The molecule has 0 radical (unpaired) electrons. The van der Waals surface area contributed by atoms with E-state index in [1.165, 1.54) is 23.9 Å². The summed E-state index contributed by atoms with van der Waals surface area (Å²) in [6, 6.07) is 6.12. The molecule has 5 nitrogen and oxygen atoms in total. The van der Waals surface area contributed by atoms with Crippen molar-refractivity contribution < 1.29 is 27.9 Å². The number of rotatable bonds is 8. The number of amides is 1. The van der Waals surface area contributed by atoms with Gasteiger partial charge in [0.2, 0.25) is 0 Å². The maximum Gasteiger partial charge on any atom is 0.277 e. The third-order valence-corrected chi connectivity index (χ3v) is 3.92. The zero-order chi connectivity index (χ0) is 19.1. The van der Waals surface area contributed by atoms with Crippen LogP contribution in [0.15, 0.2) is 30.3 Å². The predicted octanol–water partition coefficient (Wildman–Crippen LogP) is 3.36. The van der Waals surface area contributed by atoms with Crippen LogP contribution < -0.4 is 10.8 Å². The summed E-state index contributed by atoms with van der Waals surface area (Å²) in [5.41, 5.74) is 1.81. The quantitative estimate of drug-likeness (QED) is 0.479. The summed E-state index contributed by atoms with van der Waals surface area (Å²) in [5, 5.41) is 11.1. The van der Waals surface area contributed by atoms with Crippen LogP contribution >= 0.6 is 11.8 Å². The van der Waals surface area contributed by atoms with E-state index in [2.05, 4.69) is 10.2 Å². The smallest absolute Gasteiger partial charge is 0.277 e. The van der Waals surface area contributed by atoms with Gasteiger partial charge in [0, 0.05) is 5.75 Å². The van der Waals surface area contributed by atoms with Crippen molar-refractivity contribution >= 4 is 29.0 Å². The number of hydroxylamine groups is 1. The highest BCUT2D eigenvalue weighted by Gasteiger charge is 2.20. The van der Waals surface area contributed by atoms with E-state index in [9.17, 15) is 18.0 Å². The van der Waals surface area contributed by atoms with Gasteiger partial charge in [0.1, 0.15) is 5.82 Å². The minimum absolute atomic E-state index is 0.107. The number of benzene rings is 2. The van der Waals surface area contributed by atoms with Crippen LogP contribution in [0.25, 0.3) is 0 Å². The lowest BCUT2D eigenvalue weighted by Gasteiger charge is -2.14. The summed E-state index contributed by atoms with van der Waals surface area (Å²) in [6.45, 7) is -0.513. The summed E-state index contributed by atoms with van der Waals surface area (Å²) in [7, 11) is 0. The summed E-state index contributed by atoms with van der Waals surface area (Å²) in [5.74, 6) is -3.46. The fourth-order valence-corrected chi connectivity index (χ4v) is 2.64. The van der Waals surface area contributed by atoms with Crippen molar-refractivity contribution in [3.05, 3.63) is 58.9 Å². The van der Waals surface area contributed by atoms with Gasteiger partial charge in [-0.05, 0) is 36.1 Å². The van der Waals surface area contributed by atoms with Crippen LogP contribution in [0, 0.1) is 17.5 Å². The molecule has 0 aliphatic carbocycles. The Morgan fingerprint density at radius 1 is 1.19 bits per heavy atom. The number of aliphatic hydroxyl groups excluding tert-OH is 1. The first-order valence-electron chi connectivity index (χ1n) is 7.53. The average Bonchev–Trinajstić information content (AvgIpc) is 2.61. The molecule has 0 saturated heterocycles. The Labute approximate surface area is 152 Å². The van der Waals surface area contributed by atoms with Crippen molar-refractivity contribution in [3.63, 3.8) is 0 Å². The topological polar surface area (TPSA) is 70.6 Å². The second kappa shape index (κ2) is 9.46. The number of anilines is 2. The van der Waals surface area contributed by atoms with E-state index in [4.69, 9.17) is 5.11 Å². The van der Waals surface area contributed by atoms with Gasteiger partial charge in [-0.2, -0.15) is 11.8 Å². The second-order valence-corrected chi connectivity index (χ2v) is 6.03. The first kappa shape index (κ1) is 20.1. The number of halogens is 3. The van der Waals surface area contributed by atoms with Gasteiger partial charge in [-0.25, -0.2) is 18.7 Å². The van der Waals surface area contributed by atoms with Gasteiger partial charge >= 0.3 is 0 Å². The standard InChI is InChI=1S/C17H17F3N2O3S/c1-26-9-10-2-5-14(13(19)8-10)21-16-11(3-4-12(18)15(16)20)17(24)22-25-7-6-23/h2-5,8,21,23H,6-7,9H2,1H3,(H,22,24). The first-order chi connectivity index (χ1) is 12.5. The van der Waals surface area contributed by atoms with Gasteiger partial charge < -0.3 is 10.4 Å². The van der Waals surface area contributed by atoms with E-state index in [0.717, 1.165) is 17.7 Å². The van der Waals surface area contributed by atoms with Crippen LogP contribution in [0.3, 0.4) is 0 Å². The average molecular weight is 386 g/mol. The van der Waals surface area contributed by atoms with Crippen molar-refractivity contribution in [2.75, 3.05) is 24.8 Å². The van der Waals surface area contributed by atoms with E-state index in [1.54, 1.807) is 6.07 Å². The minimum Gasteiger partial charge on any atom is -0.394 e. The highest BCUT2D eigenvalue weighted by Crippen LogP contribution is 2.28. The molecule has 0 bridgehead atoms. The molecule has 1 amide bonds. The molecule has 0 aliphatic heterocycles. The molecule has 0 fully saturated rings. The molecule has 0 atom stereocenters. The monoisotopic (exact) mass is 386 g/mol. The Morgan fingerprint density at radius 3 is 2.62 bits per heavy atom. The molecule has 0 spiro atoms. The van der Waals surface area contributed by atoms with Crippen LogP contribution in [0.2, 0.25) is 0 Å². The largest absolute Gasteiger partial charge is 0.394 e. The lowest BCUT2D eigenvalue weighted by Crippen LogP contribution is -2.26. The van der Waals surface area contributed by atoms with Crippen LogP contribution in [-0.4, -0.2) is 30.5 Å². The highest BCUT2D eigenvalue weighted by atomic mass is 32.2. The van der Waals surface area contributed by atoms with E-state index in [0.29, 0.717) is 5.75 Å². The summed E-state index contributed by atoms with van der Waals surface area (Å²) in [4.78, 5) is 16.7. The fourth-order valence-electron chi connectivity index (χ4n) is 2.13. The molecule has 0 unspecified atom stereocenters. The lowest BCUT2D eigenvalue weighted by atomic mass is 10.1. The Hall–Kier alpha value is -2.23. The Kier molecular flexibility index (Phi) is 7.31. The number of carbonyl (C=O) groups excluding carboxylic acids is 1. The molecule has 26 heavy (non-hydrogen) atoms. The maximum atomic E-state index is 14.2. The third-order valence-electron chi connectivity index (χ3n) is 3.30. The Bertz CT molecular complexity index is 790. The van der Waals surface area contributed by atoms with Gasteiger partial charge in [-0.3, -0.25) is 9.63 Å². The van der Waals surface area contributed by atoms with Crippen molar-refractivity contribution in [1.29, 1.82) is 0 Å². The molecular weight excluding hydrogens is 369 g/mol. The van der Waals surface area contributed by atoms with E-state index >= 15 is 0 Å². The highest BCUT2D eigenvalue weighted by molar-refractivity contribution is 7.97. The first-order valence-corrected chi connectivity index (χ1v) is 8.92. The number of hydrogen-bond donors (Lipinski definition) is 3. The van der Waals surface area contributed by atoms with Crippen LogP contribution in [0.5, 0.6) is 0 Å². The SMILES string of the molecule is CSCc1ccc(Nc2c(C(=O)NOCCO)ccc(F)c2F)c(F)c1. The predicted molar refractivity (Wildman–Crippen MR) is 93.8 cm³/mol. The van der Waals surface area contributed by atoms with Crippen molar-refractivity contribution in [3.8, 4) is 0 Å². The molecule has 3 N–H and O–H groups in total. The number of nitrogens with one attached hydrogen (secondary N) is 2. The van der Waals surface area contributed by atoms with E-state index in [-0.39, 0.29) is 24.5 Å². The normalized spacial score (nSPS) is 10.7. The molecule has 2 aromatic carbocycles. The molecule has 0 aliphatic rings. The Balaban J connectivity index is 2.33. The van der Waals surface area contributed by atoms with E-state index in [1.807, 2.05) is 11.7 Å². The second-order valence-electron chi connectivity index (χ2n) is 5.16. The fraction of sp³-hybridized carbons (Fsp3) is 0.235. The van der Waals surface area contributed by atoms with Gasteiger partial charge in [-0.1, -0.05) is 6.07 Å². The van der Waals surface area contributed by atoms with Crippen LogP contribution in [0.1, 0.15) is 15.9 Å². The van der Waals surface area contributed by atoms with Gasteiger partial charge in [0.15, 0.2) is 11.6 Å². The zero-order valence-corrected chi connectivity index (χ0v) is 14.6.